The maximum atomic E-state index is 14.0. The van der Waals surface area contributed by atoms with Crippen LogP contribution >= 0.6 is 0 Å². The van der Waals surface area contributed by atoms with Crippen molar-refractivity contribution in [3.63, 3.8) is 0 Å². The fourth-order valence-corrected chi connectivity index (χ4v) is 3.36. The first-order valence-electron chi connectivity index (χ1n) is 7.75. The standard InChI is InChI=1S/C15H19F2N3O4/c1-8-9(7-18-20(8)2)6-10(12(21)22)19-13(23)14-11(15(14,16)17)4-3-5-24-14/h7,10-11H,3-6H2,1-2H3,(H,19,23)(H,21,22). The number of hydrogen-bond acceptors (Lipinski definition) is 4. The molecule has 3 atom stereocenters. The van der Waals surface area contributed by atoms with Gasteiger partial charge in [-0.05, 0) is 25.3 Å². The lowest BCUT2D eigenvalue weighted by molar-refractivity contribution is -0.152. The Morgan fingerprint density at radius 1 is 1.58 bits per heavy atom. The molecule has 1 amide bonds. The molecule has 2 fully saturated rings. The van der Waals surface area contributed by atoms with Crippen molar-refractivity contribution in [1.29, 1.82) is 0 Å². The molecule has 1 saturated heterocycles. The molecular formula is C15H19F2N3O4. The van der Waals surface area contributed by atoms with Crippen LogP contribution in [0, 0.1) is 12.8 Å². The number of fused-ring (bicyclic) bond motifs is 1. The maximum Gasteiger partial charge on any atom is 0.326 e. The van der Waals surface area contributed by atoms with Gasteiger partial charge in [0.15, 0.2) is 0 Å². The number of halogens is 2. The number of rotatable bonds is 5. The molecule has 0 bridgehead atoms. The first-order chi connectivity index (χ1) is 11.2. The molecule has 0 spiro atoms. The largest absolute Gasteiger partial charge is 0.480 e. The topological polar surface area (TPSA) is 93.4 Å². The van der Waals surface area contributed by atoms with Gasteiger partial charge in [0.2, 0.25) is 5.60 Å². The van der Waals surface area contributed by atoms with Crippen molar-refractivity contribution in [3.05, 3.63) is 17.5 Å². The van der Waals surface area contributed by atoms with Crippen molar-refractivity contribution < 1.29 is 28.2 Å². The minimum absolute atomic E-state index is 0.0347. The SMILES string of the molecule is Cc1c(CC(NC(=O)C23OCCCC2C3(F)F)C(=O)O)cnn1C. The number of carbonyl (C=O) groups is 2. The zero-order chi connectivity index (χ0) is 17.7. The smallest absolute Gasteiger partial charge is 0.326 e. The molecule has 1 aromatic heterocycles. The van der Waals surface area contributed by atoms with Gasteiger partial charge in [0, 0.05) is 25.8 Å². The van der Waals surface area contributed by atoms with Crippen molar-refractivity contribution >= 4 is 11.9 Å². The van der Waals surface area contributed by atoms with Crippen molar-refractivity contribution in [2.45, 2.75) is 43.8 Å². The van der Waals surface area contributed by atoms with Crippen LogP contribution in [0.3, 0.4) is 0 Å². The Labute approximate surface area is 137 Å². The molecule has 0 aromatic carbocycles. The summed E-state index contributed by atoms with van der Waals surface area (Å²) in [6, 6.07) is -1.32. The molecule has 1 aliphatic heterocycles. The molecule has 132 valence electrons. The molecule has 2 heterocycles. The number of aryl methyl sites for hydroxylation is 1. The van der Waals surface area contributed by atoms with Gasteiger partial charge in [-0.3, -0.25) is 9.48 Å². The van der Waals surface area contributed by atoms with E-state index in [-0.39, 0.29) is 19.4 Å². The maximum absolute atomic E-state index is 14.0. The Hall–Kier alpha value is -2.03. The van der Waals surface area contributed by atoms with Crippen LogP contribution < -0.4 is 5.32 Å². The average molecular weight is 343 g/mol. The molecule has 3 unspecified atom stereocenters. The monoisotopic (exact) mass is 343 g/mol. The van der Waals surface area contributed by atoms with Gasteiger partial charge >= 0.3 is 5.97 Å². The number of hydrogen-bond donors (Lipinski definition) is 2. The third-order valence-electron chi connectivity index (χ3n) is 5.01. The van der Waals surface area contributed by atoms with Gasteiger partial charge in [0.1, 0.15) is 6.04 Å². The van der Waals surface area contributed by atoms with E-state index < -0.39 is 35.4 Å². The summed E-state index contributed by atoms with van der Waals surface area (Å²) in [5.74, 6) is -6.76. The zero-order valence-electron chi connectivity index (χ0n) is 13.4. The van der Waals surface area contributed by atoms with E-state index in [1.54, 1.807) is 18.7 Å². The van der Waals surface area contributed by atoms with E-state index in [0.717, 1.165) is 5.69 Å². The minimum Gasteiger partial charge on any atom is -0.480 e. The number of amides is 1. The first kappa shape index (κ1) is 16.8. The number of ether oxygens (including phenoxy) is 1. The fraction of sp³-hybridized carbons (Fsp3) is 0.667. The Morgan fingerprint density at radius 3 is 2.83 bits per heavy atom. The molecule has 3 rings (SSSR count). The summed E-state index contributed by atoms with van der Waals surface area (Å²) in [6.45, 7) is 1.83. The molecule has 1 saturated carbocycles. The molecule has 2 aliphatic rings. The summed E-state index contributed by atoms with van der Waals surface area (Å²) in [7, 11) is 1.71. The lowest BCUT2D eigenvalue weighted by atomic mass is 10.0. The highest BCUT2D eigenvalue weighted by atomic mass is 19.3. The summed E-state index contributed by atoms with van der Waals surface area (Å²) in [5.41, 5.74) is -0.827. The highest BCUT2D eigenvalue weighted by molar-refractivity contribution is 5.94. The summed E-state index contributed by atoms with van der Waals surface area (Å²) in [6.07, 6.45) is 2.13. The molecule has 9 heteroatoms. The summed E-state index contributed by atoms with van der Waals surface area (Å²) in [5, 5.41) is 15.6. The second kappa shape index (κ2) is 5.51. The molecule has 7 nitrogen and oxygen atoms in total. The van der Waals surface area contributed by atoms with Gasteiger partial charge in [-0.25, -0.2) is 13.6 Å². The van der Waals surface area contributed by atoms with Crippen LogP contribution in [-0.4, -0.2) is 50.9 Å². The number of carboxylic acids is 1. The van der Waals surface area contributed by atoms with Crippen LogP contribution in [0.2, 0.25) is 0 Å². The third-order valence-corrected chi connectivity index (χ3v) is 5.01. The van der Waals surface area contributed by atoms with Gasteiger partial charge in [0.05, 0.1) is 12.1 Å². The molecule has 24 heavy (non-hydrogen) atoms. The zero-order valence-corrected chi connectivity index (χ0v) is 13.4. The Bertz CT molecular complexity index is 690. The Balaban J connectivity index is 1.76. The quantitative estimate of drug-likeness (QED) is 0.819. The number of aliphatic carboxylic acids is 1. The Kier molecular flexibility index (Phi) is 3.86. The molecule has 0 radical (unpaired) electrons. The predicted octanol–water partition coefficient (Wildman–Crippen LogP) is 0.655. The van der Waals surface area contributed by atoms with Crippen molar-refractivity contribution in [2.75, 3.05) is 6.61 Å². The minimum atomic E-state index is -3.25. The van der Waals surface area contributed by atoms with Crippen LogP contribution in [0.4, 0.5) is 8.78 Å². The average Bonchev–Trinajstić information content (AvgIpc) is 2.90. The number of nitrogens with zero attached hydrogens (tertiary/aromatic N) is 2. The highest BCUT2D eigenvalue weighted by Gasteiger charge is 2.86. The second-order valence-corrected chi connectivity index (χ2v) is 6.35. The third kappa shape index (κ3) is 2.29. The summed E-state index contributed by atoms with van der Waals surface area (Å²) < 4.78 is 34.7. The van der Waals surface area contributed by atoms with Gasteiger partial charge in [-0.2, -0.15) is 5.10 Å². The van der Waals surface area contributed by atoms with Crippen molar-refractivity contribution in [1.82, 2.24) is 15.1 Å². The summed E-state index contributed by atoms with van der Waals surface area (Å²) >= 11 is 0. The van der Waals surface area contributed by atoms with E-state index in [4.69, 9.17) is 4.74 Å². The lowest BCUT2D eigenvalue weighted by Gasteiger charge is -2.23. The van der Waals surface area contributed by atoms with E-state index >= 15 is 0 Å². The van der Waals surface area contributed by atoms with Gasteiger partial charge < -0.3 is 15.2 Å². The van der Waals surface area contributed by atoms with E-state index in [1.807, 2.05) is 0 Å². The normalized spacial score (nSPS) is 28.8. The van der Waals surface area contributed by atoms with E-state index in [1.165, 1.54) is 6.20 Å². The Morgan fingerprint density at radius 2 is 2.29 bits per heavy atom. The van der Waals surface area contributed by atoms with Crippen molar-refractivity contribution in [3.8, 4) is 0 Å². The van der Waals surface area contributed by atoms with Crippen LogP contribution in [0.5, 0.6) is 0 Å². The number of nitrogens with one attached hydrogen (secondary N) is 1. The van der Waals surface area contributed by atoms with Crippen LogP contribution in [0.15, 0.2) is 6.20 Å². The molecule has 1 aliphatic carbocycles. The van der Waals surface area contributed by atoms with Crippen LogP contribution in [-0.2, 0) is 27.8 Å². The van der Waals surface area contributed by atoms with Crippen LogP contribution in [0.1, 0.15) is 24.1 Å². The highest BCUT2D eigenvalue weighted by Crippen LogP contribution is 2.65. The van der Waals surface area contributed by atoms with E-state index in [9.17, 15) is 23.5 Å². The number of carbonyl (C=O) groups excluding carboxylic acids is 1. The molecule has 1 aromatic rings. The van der Waals surface area contributed by atoms with E-state index in [0.29, 0.717) is 12.0 Å². The van der Waals surface area contributed by atoms with Crippen molar-refractivity contribution in [2.24, 2.45) is 13.0 Å². The van der Waals surface area contributed by atoms with Gasteiger partial charge in [0.25, 0.3) is 11.8 Å². The number of alkyl halides is 2. The first-order valence-corrected chi connectivity index (χ1v) is 7.75. The molecular weight excluding hydrogens is 324 g/mol. The second-order valence-electron chi connectivity index (χ2n) is 6.35. The van der Waals surface area contributed by atoms with Gasteiger partial charge in [-0.15, -0.1) is 0 Å². The van der Waals surface area contributed by atoms with Gasteiger partial charge in [-0.1, -0.05) is 0 Å². The number of aromatic nitrogens is 2. The van der Waals surface area contributed by atoms with Crippen LogP contribution in [0.25, 0.3) is 0 Å². The lowest BCUT2D eigenvalue weighted by Crippen LogP contribution is -2.51. The summed E-state index contributed by atoms with van der Waals surface area (Å²) in [4.78, 5) is 23.8. The predicted molar refractivity (Wildman–Crippen MR) is 77.6 cm³/mol. The van der Waals surface area contributed by atoms with E-state index in [2.05, 4.69) is 10.4 Å². The fourth-order valence-electron chi connectivity index (χ4n) is 3.36. The number of carboxylic acid groups (broad SMARTS) is 1. The molecule has 2 N–H and O–H groups in total.